The molecule has 2 aromatic rings. The molecule has 0 aliphatic rings. The first-order chi connectivity index (χ1) is 6.92. The van der Waals surface area contributed by atoms with Crippen LogP contribution in [-0.2, 0) is 0 Å². The summed E-state index contributed by atoms with van der Waals surface area (Å²) in [4.78, 5) is 0. The number of rotatable bonds is 2. The fraction of sp³-hybridized carbons (Fsp3) is 0. The van der Waals surface area contributed by atoms with Crippen LogP contribution in [0.25, 0.3) is 10.8 Å². The zero-order valence-corrected chi connectivity index (χ0v) is 7.90. The second-order valence-electron chi connectivity index (χ2n) is 3.07. The van der Waals surface area contributed by atoms with Crippen molar-refractivity contribution in [2.45, 2.75) is 0 Å². The standard InChI is InChI=1S/C14H11/c1-2-3-7-12-9-6-10-13-8-4-5-11-14(12)13/h2-6,8-11H,1H2. The Bertz CT molecular complexity index is 473. The summed E-state index contributed by atoms with van der Waals surface area (Å²) in [6.45, 7) is 3.64. The summed E-state index contributed by atoms with van der Waals surface area (Å²) < 4.78 is 0. The lowest BCUT2D eigenvalue weighted by molar-refractivity contribution is 1.63. The van der Waals surface area contributed by atoms with E-state index in [-0.39, 0.29) is 0 Å². The Morgan fingerprint density at radius 1 is 1.00 bits per heavy atom. The number of hydrogen-bond donors (Lipinski definition) is 0. The van der Waals surface area contributed by atoms with E-state index in [0.29, 0.717) is 0 Å². The van der Waals surface area contributed by atoms with Crippen molar-refractivity contribution in [2.75, 3.05) is 0 Å². The lowest BCUT2D eigenvalue weighted by Crippen LogP contribution is -1.78. The fourth-order valence-corrected chi connectivity index (χ4v) is 1.50. The quantitative estimate of drug-likeness (QED) is 0.616. The third kappa shape index (κ3) is 1.60. The molecule has 1 radical (unpaired) electrons. The Morgan fingerprint density at radius 2 is 1.79 bits per heavy atom. The summed E-state index contributed by atoms with van der Waals surface area (Å²) >= 11 is 0. The van der Waals surface area contributed by atoms with Crippen molar-refractivity contribution in [2.24, 2.45) is 0 Å². The zero-order valence-electron chi connectivity index (χ0n) is 7.90. The molecule has 0 N–H and O–H groups in total. The van der Waals surface area contributed by atoms with Crippen LogP contribution in [0.5, 0.6) is 0 Å². The van der Waals surface area contributed by atoms with Gasteiger partial charge in [-0.25, -0.2) is 0 Å². The van der Waals surface area contributed by atoms with Gasteiger partial charge >= 0.3 is 0 Å². The molecule has 0 fully saturated rings. The molecule has 0 aliphatic carbocycles. The van der Waals surface area contributed by atoms with Gasteiger partial charge in [0.15, 0.2) is 0 Å². The van der Waals surface area contributed by atoms with Gasteiger partial charge in [-0.3, -0.25) is 0 Å². The Balaban J connectivity index is 2.64. The minimum Gasteiger partial charge on any atom is -0.0990 e. The van der Waals surface area contributed by atoms with Crippen molar-refractivity contribution < 1.29 is 0 Å². The minimum absolute atomic E-state index is 1.11. The fourth-order valence-electron chi connectivity index (χ4n) is 1.50. The smallest absolute Gasteiger partial charge is 0.00992 e. The van der Waals surface area contributed by atoms with Crippen molar-refractivity contribution in [3.8, 4) is 0 Å². The van der Waals surface area contributed by atoms with E-state index >= 15 is 0 Å². The van der Waals surface area contributed by atoms with Crippen molar-refractivity contribution in [1.29, 1.82) is 0 Å². The maximum absolute atomic E-state index is 3.64. The van der Waals surface area contributed by atoms with Gasteiger partial charge in [-0.05, 0) is 22.4 Å². The summed E-state index contributed by atoms with van der Waals surface area (Å²) in [5.74, 6) is 0. The van der Waals surface area contributed by atoms with Gasteiger partial charge in [-0.15, -0.1) is 0 Å². The number of fused-ring (bicyclic) bond motifs is 1. The van der Waals surface area contributed by atoms with Crippen LogP contribution in [0, 0.1) is 6.08 Å². The topological polar surface area (TPSA) is 0 Å². The molecule has 2 rings (SSSR count). The van der Waals surface area contributed by atoms with Crippen molar-refractivity contribution >= 4 is 10.8 Å². The van der Waals surface area contributed by atoms with E-state index in [1.165, 1.54) is 10.8 Å². The van der Waals surface area contributed by atoms with Gasteiger partial charge in [0.25, 0.3) is 0 Å². The maximum atomic E-state index is 3.64. The molecule has 0 bridgehead atoms. The van der Waals surface area contributed by atoms with Crippen LogP contribution in [0.4, 0.5) is 0 Å². The van der Waals surface area contributed by atoms with Crippen LogP contribution in [0.1, 0.15) is 5.56 Å². The molecule has 0 unspecified atom stereocenters. The van der Waals surface area contributed by atoms with Crippen LogP contribution >= 0.6 is 0 Å². The molecule has 0 nitrogen and oxygen atoms in total. The molecular weight excluding hydrogens is 168 g/mol. The molecule has 0 spiro atoms. The Kier molecular flexibility index (Phi) is 2.46. The number of hydrogen-bond acceptors (Lipinski definition) is 0. The average Bonchev–Trinajstić information content (AvgIpc) is 2.26. The van der Waals surface area contributed by atoms with Gasteiger partial charge in [-0.2, -0.15) is 0 Å². The van der Waals surface area contributed by atoms with E-state index in [1.807, 2.05) is 24.3 Å². The molecule has 0 amide bonds. The van der Waals surface area contributed by atoms with Gasteiger partial charge in [0.05, 0.1) is 0 Å². The van der Waals surface area contributed by atoms with Gasteiger partial charge in [0.2, 0.25) is 0 Å². The highest BCUT2D eigenvalue weighted by molar-refractivity contribution is 5.86. The third-order valence-electron chi connectivity index (χ3n) is 2.15. The number of benzene rings is 2. The highest BCUT2D eigenvalue weighted by Crippen LogP contribution is 2.18. The van der Waals surface area contributed by atoms with Crippen LogP contribution in [0.15, 0.2) is 61.2 Å². The third-order valence-corrected chi connectivity index (χ3v) is 2.15. The largest absolute Gasteiger partial charge is 0.0990 e. The van der Waals surface area contributed by atoms with E-state index in [2.05, 4.69) is 36.9 Å². The van der Waals surface area contributed by atoms with Crippen LogP contribution in [0.3, 0.4) is 0 Å². The van der Waals surface area contributed by atoms with E-state index in [0.717, 1.165) is 5.56 Å². The summed E-state index contributed by atoms with van der Waals surface area (Å²) in [5.41, 5.74) is 1.11. The van der Waals surface area contributed by atoms with E-state index in [9.17, 15) is 0 Å². The first-order valence-corrected chi connectivity index (χ1v) is 4.60. The molecular formula is C14H11. The first kappa shape index (κ1) is 8.76. The molecule has 2 aromatic carbocycles. The lowest BCUT2D eigenvalue weighted by Gasteiger charge is -2.00. The molecule has 0 heteroatoms. The summed E-state index contributed by atoms with van der Waals surface area (Å²) in [7, 11) is 0. The molecule has 0 saturated heterocycles. The van der Waals surface area contributed by atoms with Crippen LogP contribution in [0.2, 0.25) is 0 Å². The van der Waals surface area contributed by atoms with Gasteiger partial charge in [-0.1, -0.05) is 61.2 Å². The van der Waals surface area contributed by atoms with E-state index in [1.54, 1.807) is 6.08 Å². The monoisotopic (exact) mass is 179 g/mol. The van der Waals surface area contributed by atoms with Gasteiger partial charge in [0.1, 0.15) is 0 Å². The molecule has 0 atom stereocenters. The highest BCUT2D eigenvalue weighted by atomic mass is 14.0. The predicted molar refractivity (Wildman–Crippen MR) is 61.1 cm³/mol. The molecule has 67 valence electrons. The normalized spacial score (nSPS) is 10.9. The second-order valence-corrected chi connectivity index (χ2v) is 3.07. The Labute approximate surface area is 84.2 Å². The van der Waals surface area contributed by atoms with E-state index in [4.69, 9.17) is 0 Å². The zero-order chi connectivity index (χ0) is 9.80. The molecule has 0 aliphatic heterocycles. The van der Waals surface area contributed by atoms with Crippen molar-refractivity contribution in [1.82, 2.24) is 0 Å². The average molecular weight is 179 g/mol. The summed E-state index contributed by atoms with van der Waals surface area (Å²) in [6, 6.07) is 14.5. The SMILES string of the molecule is C=C/C=[C]\c1cccc2ccccc12. The Hall–Kier alpha value is -1.82. The molecule has 0 saturated carbocycles. The predicted octanol–water partition coefficient (Wildman–Crippen LogP) is 3.73. The Morgan fingerprint density at radius 3 is 2.64 bits per heavy atom. The summed E-state index contributed by atoms with van der Waals surface area (Å²) in [5, 5.41) is 2.48. The maximum Gasteiger partial charge on any atom is -0.00992 e. The van der Waals surface area contributed by atoms with Gasteiger partial charge in [0, 0.05) is 0 Å². The minimum atomic E-state index is 1.11. The number of allylic oxidation sites excluding steroid dienone is 2. The van der Waals surface area contributed by atoms with Crippen molar-refractivity contribution in [3.63, 3.8) is 0 Å². The van der Waals surface area contributed by atoms with Crippen LogP contribution in [-0.4, -0.2) is 0 Å². The molecule has 0 heterocycles. The van der Waals surface area contributed by atoms with E-state index < -0.39 is 0 Å². The highest BCUT2D eigenvalue weighted by Gasteiger charge is 1.95. The first-order valence-electron chi connectivity index (χ1n) is 4.60. The van der Waals surface area contributed by atoms with Gasteiger partial charge < -0.3 is 0 Å². The summed E-state index contributed by atoms with van der Waals surface area (Å²) in [6.07, 6.45) is 6.77. The van der Waals surface area contributed by atoms with Crippen molar-refractivity contribution in [3.05, 3.63) is 72.8 Å². The lowest BCUT2D eigenvalue weighted by atomic mass is 10.0. The molecule has 0 aromatic heterocycles. The molecule has 14 heavy (non-hydrogen) atoms. The van der Waals surface area contributed by atoms with Crippen LogP contribution < -0.4 is 0 Å². The second kappa shape index (κ2) is 3.93.